The van der Waals surface area contributed by atoms with Crippen molar-refractivity contribution in [3.8, 4) is 0 Å². The van der Waals surface area contributed by atoms with E-state index >= 15 is 0 Å². The van der Waals surface area contributed by atoms with Crippen molar-refractivity contribution in [3.63, 3.8) is 0 Å². The number of hydrogen-bond acceptors (Lipinski definition) is 4. The maximum atomic E-state index is 11.7. The van der Waals surface area contributed by atoms with Crippen LogP contribution in [0.4, 0.5) is 0 Å². The van der Waals surface area contributed by atoms with Gasteiger partial charge in [-0.25, -0.2) is 4.79 Å². The molecule has 0 atom stereocenters. The van der Waals surface area contributed by atoms with Crippen molar-refractivity contribution >= 4 is 23.5 Å². The molecular weight excluding hydrogens is 224 g/mol. The highest BCUT2D eigenvalue weighted by atomic mass is 32.2. The zero-order valence-electron chi connectivity index (χ0n) is 9.36. The van der Waals surface area contributed by atoms with E-state index in [2.05, 4.69) is 4.74 Å². The van der Waals surface area contributed by atoms with Crippen LogP contribution in [0.2, 0.25) is 0 Å². The molecule has 3 nitrogen and oxygen atoms in total. The van der Waals surface area contributed by atoms with Crippen molar-refractivity contribution in [2.45, 2.75) is 6.42 Å². The van der Waals surface area contributed by atoms with Crippen LogP contribution >= 0.6 is 11.8 Å². The molecule has 0 saturated heterocycles. The van der Waals surface area contributed by atoms with Gasteiger partial charge in [0.1, 0.15) is 0 Å². The normalized spacial score (nSPS) is 9.88. The van der Waals surface area contributed by atoms with Crippen molar-refractivity contribution in [2.24, 2.45) is 0 Å². The molecule has 4 heteroatoms. The Labute approximate surface area is 99.2 Å². The lowest BCUT2D eigenvalue weighted by atomic mass is 10.1. The van der Waals surface area contributed by atoms with Crippen LogP contribution in [-0.2, 0) is 4.74 Å². The summed E-state index contributed by atoms with van der Waals surface area (Å²) in [5.74, 6) is 0.431. The third kappa shape index (κ3) is 3.38. The Morgan fingerprint density at radius 3 is 2.62 bits per heavy atom. The van der Waals surface area contributed by atoms with Gasteiger partial charge in [-0.1, -0.05) is 12.1 Å². The summed E-state index contributed by atoms with van der Waals surface area (Å²) >= 11 is 1.63. The first-order chi connectivity index (χ1) is 7.69. The molecule has 0 unspecified atom stereocenters. The van der Waals surface area contributed by atoms with Crippen molar-refractivity contribution in [2.75, 3.05) is 19.1 Å². The number of esters is 1. The Bertz CT molecular complexity index is 388. The van der Waals surface area contributed by atoms with Crippen molar-refractivity contribution in [1.29, 1.82) is 0 Å². The number of carbonyl (C=O) groups excluding carboxylic acids is 2. The molecule has 0 aliphatic heterocycles. The summed E-state index contributed by atoms with van der Waals surface area (Å²) in [4.78, 5) is 23.0. The average molecular weight is 238 g/mol. The van der Waals surface area contributed by atoms with Gasteiger partial charge in [0.15, 0.2) is 5.78 Å². The topological polar surface area (TPSA) is 43.4 Å². The van der Waals surface area contributed by atoms with Gasteiger partial charge in [0.05, 0.1) is 12.7 Å². The molecule has 0 saturated carbocycles. The van der Waals surface area contributed by atoms with Crippen LogP contribution in [0, 0.1) is 0 Å². The van der Waals surface area contributed by atoms with E-state index in [1.54, 1.807) is 36.0 Å². The van der Waals surface area contributed by atoms with Crippen LogP contribution in [0.1, 0.15) is 27.1 Å². The molecule has 1 rings (SSSR count). The maximum Gasteiger partial charge on any atom is 0.337 e. The standard InChI is InChI=1S/C12H14O3S/c1-15-12(14)10-5-3-4-9(8-10)11(13)6-7-16-2/h3-5,8H,6-7H2,1-2H3. The molecule has 0 fully saturated rings. The average Bonchev–Trinajstić information content (AvgIpc) is 2.35. The number of carbonyl (C=O) groups is 2. The SMILES string of the molecule is COC(=O)c1cccc(C(=O)CCSC)c1. The second kappa shape index (κ2) is 6.33. The van der Waals surface area contributed by atoms with E-state index < -0.39 is 5.97 Å². The summed E-state index contributed by atoms with van der Waals surface area (Å²) in [5, 5.41) is 0. The first kappa shape index (κ1) is 12.8. The zero-order valence-corrected chi connectivity index (χ0v) is 10.2. The van der Waals surface area contributed by atoms with E-state index in [4.69, 9.17) is 0 Å². The van der Waals surface area contributed by atoms with E-state index in [0.29, 0.717) is 17.5 Å². The Morgan fingerprint density at radius 1 is 1.31 bits per heavy atom. The number of ketones is 1. The van der Waals surface area contributed by atoms with Crippen LogP contribution in [0.3, 0.4) is 0 Å². The summed E-state index contributed by atoms with van der Waals surface area (Å²) in [6, 6.07) is 6.62. The van der Waals surface area contributed by atoms with Gasteiger partial charge < -0.3 is 4.74 Å². The fraction of sp³-hybridized carbons (Fsp3) is 0.333. The minimum Gasteiger partial charge on any atom is -0.465 e. The summed E-state index contributed by atoms with van der Waals surface area (Å²) in [6.07, 6.45) is 2.45. The molecule has 0 radical (unpaired) electrons. The molecule has 86 valence electrons. The van der Waals surface area contributed by atoms with Gasteiger partial charge in [0.25, 0.3) is 0 Å². The van der Waals surface area contributed by atoms with Crippen molar-refractivity contribution in [3.05, 3.63) is 35.4 Å². The van der Waals surface area contributed by atoms with E-state index in [1.165, 1.54) is 7.11 Å². The number of hydrogen-bond donors (Lipinski definition) is 0. The van der Waals surface area contributed by atoms with Gasteiger partial charge in [-0.2, -0.15) is 11.8 Å². The molecule has 1 aromatic rings. The van der Waals surface area contributed by atoms with E-state index in [1.807, 2.05) is 6.26 Å². The van der Waals surface area contributed by atoms with Gasteiger partial charge in [-0.15, -0.1) is 0 Å². The number of rotatable bonds is 5. The summed E-state index contributed by atoms with van der Waals surface area (Å²) in [6.45, 7) is 0. The Balaban J connectivity index is 2.81. The third-order valence-corrected chi connectivity index (χ3v) is 2.75. The first-order valence-corrected chi connectivity index (χ1v) is 6.29. The molecular formula is C12H14O3S. The number of benzene rings is 1. The second-order valence-electron chi connectivity index (χ2n) is 3.24. The van der Waals surface area contributed by atoms with Crippen LogP contribution in [0.5, 0.6) is 0 Å². The molecule has 0 amide bonds. The Kier molecular flexibility index (Phi) is 5.05. The molecule has 0 spiro atoms. The highest BCUT2D eigenvalue weighted by molar-refractivity contribution is 7.98. The largest absolute Gasteiger partial charge is 0.465 e. The number of Topliss-reactive ketones (excluding diaryl/α,β-unsaturated/α-hetero) is 1. The van der Waals surface area contributed by atoms with Crippen LogP contribution < -0.4 is 0 Å². The summed E-state index contributed by atoms with van der Waals surface area (Å²) < 4.78 is 4.60. The lowest BCUT2D eigenvalue weighted by Crippen LogP contribution is -2.05. The van der Waals surface area contributed by atoms with Crippen molar-refractivity contribution in [1.82, 2.24) is 0 Å². The molecule has 1 aromatic carbocycles. The first-order valence-electron chi connectivity index (χ1n) is 4.89. The number of ether oxygens (including phenoxy) is 1. The third-order valence-electron chi connectivity index (χ3n) is 2.14. The Hall–Kier alpha value is -1.29. The van der Waals surface area contributed by atoms with Crippen molar-refractivity contribution < 1.29 is 14.3 Å². The fourth-order valence-corrected chi connectivity index (χ4v) is 1.67. The van der Waals surface area contributed by atoms with E-state index in [0.717, 1.165) is 5.75 Å². The van der Waals surface area contributed by atoms with E-state index in [-0.39, 0.29) is 5.78 Å². The molecule has 0 aromatic heterocycles. The van der Waals surface area contributed by atoms with Crippen LogP contribution in [0.15, 0.2) is 24.3 Å². The predicted molar refractivity (Wildman–Crippen MR) is 65.1 cm³/mol. The molecule has 16 heavy (non-hydrogen) atoms. The quantitative estimate of drug-likeness (QED) is 0.583. The van der Waals surface area contributed by atoms with Crippen LogP contribution in [0.25, 0.3) is 0 Å². The minimum absolute atomic E-state index is 0.0557. The number of methoxy groups -OCH3 is 1. The molecule has 0 N–H and O–H groups in total. The molecule has 0 aliphatic carbocycles. The minimum atomic E-state index is -0.417. The number of thioether (sulfide) groups is 1. The lowest BCUT2D eigenvalue weighted by Gasteiger charge is -2.02. The molecule has 0 aliphatic rings. The smallest absolute Gasteiger partial charge is 0.337 e. The summed E-state index contributed by atoms with van der Waals surface area (Å²) in [5.41, 5.74) is 0.981. The summed E-state index contributed by atoms with van der Waals surface area (Å²) in [7, 11) is 1.32. The fourth-order valence-electron chi connectivity index (χ4n) is 1.28. The van der Waals surface area contributed by atoms with Gasteiger partial charge in [0.2, 0.25) is 0 Å². The predicted octanol–water partition coefficient (Wildman–Crippen LogP) is 2.41. The van der Waals surface area contributed by atoms with Gasteiger partial charge in [-0.3, -0.25) is 4.79 Å². The Morgan fingerprint density at radius 2 is 2.00 bits per heavy atom. The van der Waals surface area contributed by atoms with Crippen LogP contribution in [-0.4, -0.2) is 30.9 Å². The zero-order chi connectivity index (χ0) is 12.0. The molecule has 0 heterocycles. The second-order valence-corrected chi connectivity index (χ2v) is 4.22. The van der Waals surface area contributed by atoms with Gasteiger partial charge in [0, 0.05) is 17.7 Å². The highest BCUT2D eigenvalue weighted by Crippen LogP contribution is 2.10. The molecule has 0 bridgehead atoms. The monoisotopic (exact) mass is 238 g/mol. The van der Waals surface area contributed by atoms with Gasteiger partial charge >= 0.3 is 5.97 Å². The highest BCUT2D eigenvalue weighted by Gasteiger charge is 2.09. The lowest BCUT2D eigenvalue weighted by molar-refractivity contribution is 0.0600. The maximum absolute atomic E-state index is 11.7. The van der Waals surface area contributed by atoms with Gasteiger partial charge in [-0.05, 0) is 18.4 Å². The van der Waals surface area contributed by atoms with E-state index in [9.17, 15) is 9.59 Å².